The minimum atomic E-state index is -0.321. The minimum absolute atomic E-state index is 0.114. The van der Waals surface area contributed by atoms with Gasteiger partial charge in [0.05, 0.1) is 18.0 Å². The van der Waals surface area contributed by atoms with E-state index in [0.717, 1.165) is 22.5 Å². The molecule has 35 heavy (non-hydrogen) atoms. The van der Waals surface area contributed by atoms with Gasteiger partial charge in [-0.15, -0.1) is 0 Å². The first-order chi connectivity index (χ1) is 17.0. The molecule has 0 aliphatic rings. The number of rotatable bonds is 9. The van der Waals surface area contributed by atoms with Crippen molar-refractivity contribution in [3.8, 4) is 16.9 Å². The summed E-state index contributed by atoms with van der Waals surface area (Å²) in [6.45, 7) is 2.52. The summed E-state index contributed by atoms with van der Waals surface area (Å²) in [4.78, 5) is 27.6. The second-order valence-electron chi connectivity index (χ2n) is 8.16. The molecule has 0 aliphatic heterocycles. The Morgan fingerprint density at radius 3 is 2.26 bits per heavy atom. The monoisotopic (exact) mass is 468 g/mol. The predicted octanol–water partition coefficient (Wildman–Crippen LogP) is 4.58. The van der Waals surface area contributed by atoms with Crippen molar-refractivity contribution in [2.45, 2.75) is 6.92 Å². The van der Waals surface area contributed by atoms with Crippen LogP contribution in [0, 0.1) is 6.92 Å². The third kappa shape index (κ3) is 6.02. The molecule has 0 saturated carbocycles. The fraction of sp³-hybridized carbons (Fsp3) is 0.179. The molecule has 7 nitrogen and oxygen atoms in total. The Bertz CT molecular complexity index is 1270. The number of hydrogen-bond acceptors (Lipinski definition) is 4. The Labute approximate surface area is 205 Å². The molecule has 0 spiro atoms. The average molecular weight is 469 g/mol. The van der Waals surface area contributed by atoms with Crippen LogP contribution in [0.2, 0.25) is 0 Å². The second kappa shape index (κ2) is 11.3. The number of aromatic nitrogens is 2. The number of methoxy groups -OCH3 is 1. The first-order valence-corrected chi connectivity index (χ1v) is 11.4. The summed E-state index contributed by atoms with van der Waals surface area (Å²) >= 11 is 0. The van der Waals surface area contributed by atoms with E-state index in [-0.39, 0.29) is 18.4 Å². The van der Waals surface area contributed by atoms with Crippen LogP contribution < -0.4 is 5.32 Å². The zero-order valence-electron chi connectivity index (χ0n) is 19.8. The topological polar surface area (TPSA) is 76.5 Å². The van der Waals surface area contributed by atoms with Crippen LogP contribution in [0.15, 0.2) is 91.0 Å². The Hall–Kier alpha value is -4.23. The van der Waals surface area contributed by atoms with Crippen molar-refractivity contribution in [1.29, 1.82) is 0 Å². The van der Waals surface area contributed by atoms with Gasteiger partial charge in [0.25, 0.3) is 5.91 Å². The van der Waals surface area contributed by atoms with Crippen LogP contribution in [0.25, 0.3) is 16.9 Å². The predicted molar refractivity (Wildman–Crippen MR) is 137 cm³/mol. The third-order valence-corrected chi connectivity index (χ3v) is 5.53. The van der Waals surface area contributed by atoms with Crippen LogP contribution in [-0.4, -0.2) is 53.3 Å². The number of benzene rings is 3. The molecule has 2 amide bonds. The Balaban J connectivity index is 1.59. The van der Waals surface area contributed by atoms with E-state index >= 15 is 0 Å². The number of carbonyl (C=O) groups excluding carboxylic acids is 2. The van der Waals surface area contributed by atoms with Gasteiger partial charge < -0.3 is 15.0 Å². The molecule has 4 aromatic rings. The van der Waals surface area contributed by atoms with E-state index in [0.29, 0.717) is 24.5 Å². The van der Waals surface area contributed by atoms with Gasteiger partial charge in [0, 0.05) is 30.8 Å². The maximum Gasteiger partial charge on any atom is 0.254 e. The zero-order valence-corrected chi connectivity index (χ0v) is 19.8. The number of nitrogens with one attached hydrogen (secondary N) is 1. The highest BCUT2D eigenvalue weighted by atomic mass is 16.5. The number of nitrogens with zero attached hydrogens (tertiary/aromatic N) is 3. The van der Waals surface area contributed by atoms with Gasteiger partial charge in [0.2, 0.25) is 5.91 Å². The molecule has 3 aromatic carbocycles. The number of carbonyl (C=O) groups is 2. The third-order valence-electron chi connectivity index (χ3n) is 5.53. The zero-order chi connectivity index (χ0) is 24.6. The fourth-order valence-corrected chi connectivity index (χ4v) is 3.68. The van der Waals surface area contributed by atoms with Gasteiger partial charge >= 0.3 is 0 Å². The van der Waals surface area contributed by atoms with E-state index in [1.807, 2.05) is 73.7 Å². The molecule has 0 atom stereocenters. The van der Waals surface area contributed by atoms with Crippen molar-refractivity contribution >= 4 is 17.6 Å². The molecule has 0 bridgehead atoms. The highest BCUT2D eigenvalue weighted by molar-refractivity contribution is 5.99. The Morgan fingerprint density at radius 2 is 1.60 bits per heavy atom. The second-order valence-corrected chi connectivity index (χ2v) is 8.16. The fourth-order valence-electron chi connectivity index (χ4n) is 3.68. The molecule has 0 fully saturated rings. The lowest BCUT2D eigenvalue weighted by Crippen LogP contribution is -2.40. The summed E-state index contributed by atoms with van der Waals surface area (Å²) in [6.07, 6.45) is 0. The quantitative estimate of drug-likeness (QED) is 0.390. The first kappa shape index (κ1) is 23.9. The number of ether oxygens (including phenoxy) is 1. The van der Waals surface area contributed by atoms with E-state index in [1.165, 1.54) is 4.90 Å². The number of amides is 2. The maximum absolute atomic E-state index is 13.1. The van der Waals surface area contributed by atoms with Gasteiger partial charge in [0.15, 0.2) is 0 Å². The molecule has 4 rings (SSSR count). The lowest BCUT2D eigenvalue weighted by molar-refractivity contribution is -0.117. The summed E-state index contributed by atoms with van der Waals surface area (Å²) in [5.41, 5.74) is 4.15. The van der Waals surface area contributed by atoms with Crippen LogP contribution >= 0.6 is 0 Å². The lowest BCUT2D eigenvalue weighted by atomic mass is 10.1. The Morgan fingerprint density at radius 1 is 0.943 bits per heavy atom. The van der Waals surface area contributed by atoms with Gasteiger partial charge in [-0.1, -0.05) is 66.2 Å². The summed E-state index contributed by atoms with van der Waals surface area (Å²) in [5.74, 6) is -0.0235. The van der Waals surface area contributed by atoms with Crippen LogP contribution in [0.1, 0.15) is 15.9 Å². The van der Waals surface area contributed by atoms with Gasteiger partial charge in [-0.05, 0) is 31.2 Å². The SMILES string of the molecule is COCCN(CC(=O)Nc1cc(-c2ccccc2)nn1-c1ccc(C)cc1)C(=O)c1ccccc1. The molecule has 1 aromatic heterocycles. The lowest BCUT2D eigenvalue weighted by Gasteiger charge is -2.22. The largest absolute Gasteiger partial charge is 0.383 e. The van der Waals surface area contributed by atoms with Gasteiger partial charge in [-0.2, -0.15) is 5.10 Å². The number of anilines is 1. The smallest absolute Gasteiger partial charge is 0.254 e. The van der Waals surface area contributed by atoms with E-state index in [2.05, 4.69) is 5.32 Å². The number of aryl methyl sites for hydroxylation is 1. The molecular weight excluding hydrogens is 440 g/mol. The summed E-state index contributed by atoms with van der Waals surface area (Å²) in [5, 5.41) is 7.70. The van der Waals surface area contributed by atoms with Crippen LogP contribution in [-0.2, 0) is 9.53 Å². The molecule has 178 valence electrons. The summed E-state index contributed by atoms with van der Waals surface area (Å²) < 4.78 is 6.86. The number of hydrogen-bond donors (Lipinski definition) is 1. The molecular formula is C28H28N4O3. The molecule has 0 radical (unpaired) electrons. The molecule has 0 saturated heterocycles. The van der Waals surface area contributed by atoms with E-state index in [4.69, 9.17) is 9.84 Å². The Kier molecular flexibility index (Phi) is 7.70. The van der Waals surface area contributed by atoms with E-state index < -0.39 is 0 Å². The highest BCUT2D eigenvalue weighted by Crippen LogP contribution is 2.25. The van der Waals surface area contributed by atoms with Crippen molar-refractivity contribution in [3.05, 3.63) is 102 Å². The minimum Gasteiger partial charge on any atom is -0.383 e. The molecule has 7 heteroatoms. The first-order valence-electron chi connectivity index (χ1n) is 11.4. The van der Waals surface area contributed by atoms with E-state index in [9.17, 15) is 9.59 Å². The van der Waals surface area contributed by atoms with Crippen molar-refractivity contribution in [1.82, 2.24) is 14.7 Å². The molecule has 1 heterocycles. The van der Waals surface area contributed by atoms with Crippen LogP contribution in [0.5, 0.6) is 0 Å². The normalized spacial score (nSPS) is 10.7. The molecule has 0 aliphatic carbocycles. The van der Waals surface area contributed by atoms with Crippen molar-refractivity contribution < 1.29 is 14.3 Å². The average Bonchev–Trinajstić information content (AvgIpc) is 3.31. The van der Waals surface area contributed by atoms with Crippen LogP contribution in [0.3, 0.4) is 0 Å². The summed E-state index contributed by atoms with van der Waals surface area (Å²) in [7, 11) is 1.57. The van der Waals surface area contributed by atoms with Gasteiger partial charge in [-0.25, -0.2) is 4.68 Å². The van der Waals surface area contributed by atoms with Crippen LogP contribution in [0.4, 0.5) is 5.82 Å². The van der Waals surface area contributed by atoms with Gasteiger partial charge in [0.1, 0.15) is 12.4 Å². The van der Waals surface area contributed by atoms with Crippen molar-refractivity contribution in [3.63, 3.8) is 0 Å². The maximum atomic E-state index is 13.1. The highest BCUT2D eigenvalue weighted by Gasteiger charge is 2.20. The summed E-state index contributed by atoms with van der Waals surface area (Å²) in [6, 6.07) is 28.4. The van der Waals surface area contributed by atoms with E-state index in [1.54, 1.807) is 36.1 Å². The van der Waals surface area contributed by atoms with Gasteiger partial charge in [-0.3, -0.25) is 9.59 Å². The van der Waals surface area contributed by atoms with Crippen molar-refractivity contribution in [2.24, 2.45) is 0 Å². The van der Waals surface area contributed by atoms with Crippen molar-refractivity contribution in [2.75, 3.05) is 32.1 Å². The standard InChI is InChI=1S/C28H28N4O3/c1-21-13-15-24(16-14-21)32-26(19-25(30-32)22-9-5-3-6-10-22)29-27(33)20-31(17-18-35-2)28(34)23-11-7-4-8-12-23/h3-16,19H,17-18,20H2,1-2H3,(H,29,33). The molecule has 1 N–H and O–H groups in total. The molecule has 0 unspecified atom stereocenters.